The number of ether oxygens (including phenoxy) is 2. The van der Waals surface area contributed by atoms with Gasteiger partial charge in [0.2, 0.25) is 5.91 Å². The summed E-state index contributed by atoms with van der Waals surface area (Å²) < 4.78 is 47.0. The maximum Gasteiger partial charge on any atom is 0.387 e. The van der Waals surface area contributed by atoms with Crippen molar-refractivity contribution in [3.8, 4) is 11.5 Å². The number of hydrogen-bond donors (Lipinski definition) is 1. The Balaban J connectivity index is 1.96. The Morgan fingerprint density at radius 2 is 2.00 bits per heavy atom. The van der Waals surface area contributed by atoms with Crippen LogP contribution in [0.25, 0.3) is 6.08 Å². The predicted molar refractivity (Wildman–Crippen MR) is 91.9 cm³/mol. The molecule has 0 aliphatic rings. The first kappa shape index (κ1) is 19.7. The Hall–Kier alpha value is -2.67. The van der Waals surface area contributed by atoms with E-state index >= 15 is 0 Å². The molecule has 0 aliphatic heterocycles. The third-order valence-electron chi connectivity index (χ3n) is 3.28. The van der Waals surface area contributed by atoms with Gasteiger partial charge >= 0.3 is 6.61 Å². The Morgan fingerprint density at radius 3 is 2.65 bits per heavy atom. The normalized spacial score (nSPS) is 11.0. The van der Waals surface area contributed by atoms with Crippen molar-refractivity contribution in [2.45, 2.75) is 13.2 Å². The van der Waals surface area contributed by atoms with Gasteiger partial charge in [-0.2, -0.15) is 8.78 Å². The Kier molecular flexibility index (Phi) is 6.91. The number of halogens is 4. The topological polar surface area (TPSA) is 47.6 Å². The Bertz CT molecular complexity index is 812. The van der Waals surface area contributed by atoms with Crippen molar-refractivity contribution < 1.29 is 27.4 Å². The highest BCUT2D eigenvalue weighted by Gasteiger charge is 2.11. The number of benzene rings is 2. The molecular weight excluding hydrogens is 371 g/mol. The molecule has 0 bridgehead atoms. The zero-order valence-corrected chi connectivity index (χ0v) is 14.4. The molecule has 2 aromatic carbocycles. The van der Waals surface area contributed by atoms with Gasteiger partial charge in [0.1, 0.15) is 5.82 Å². The first-order valence-corrected chi connectivity index (χ1v) is 7.79. The molecule has 0 aliphatic carbocycles. The smallest absolute Gasteiger partial charge is 0.387 e. The summed E-state index contributed by atoms with van der Waals surface area (Å²) in [5.41, 5.74) is 1.21. The number of carbonyl (C=O) groups excluding carboxylic acids is 1. The molecule has 2 rings (SSSR count). The summed E-state index contributed by atoms with van der Waals surface area (Å²) in [7, 11) is 1.33. The van der Waals surface area contributed by atoms with E-state index in [2.05, 4.69) is 10.1 Å². The van der Waals surface area contributed by atoms with Gasteiger partial charge in [-0.25, -0.2) is 4.39 Å². The summed E-state index contributed by atoms with van der Waals surface area (Å²) in [6.45, 7) is -2.81. The van der Waals surface area contributed by atoms with Gasteiger partial charge in [-0.15, -0.1) is 0 Å². The van der Waals surface area contributed by atoms with E-state index in [4.69, 9.17) is 16.3 Å². The average Bonchev–Trinajstić information content (AvgIpc) is 2.61. The summed E-state index contributed by atoms with van der Waals surface area (Å²) in [5.74, 6) is -0.891. The van der Waals surface area contributed by atoms with E-state index in [-0.39, 0.29) is 23.1 Å². The highest BCUT2D eigenvalue weighted by atomic mass is 35.5. The highest BCUT2D eigenvalue weighted by Crippen LogP contribution is 2.29. The van der Waals surface area contributed by atoms with Crippen molar-refractivity contribution in [3.63, 3.8) is 0 Å². The molecule has 8 heteroatoms. The van der Waals surface area contributed by atoms with Gasteiger partial charge < -0.3 is 14.8 Å². The number of nitrogens with one attached hydrogen (secondary N) is 1. The Labute approximate surface area is 153 Å². The minimum Gasteiger partial charge on any atom is -0.493 e. The largest absolute Gasteiger partial charge is 0.493 e. The molecule has 0 radical (unpaired) electrons. The monoisotopic (exact) mass is 385 g/mol. The second-order valence-corrected chi connectivity index (χ2v) is 5.50. The third-order valence-corrected chi connectivity index (χ3v) is 3.57. The van der Waals surface area contributed by atoms with Gasteiger partial charge in [0.25, 0.3) is 0 Å². The lowest BCUT2D eigenvalue weighted by Gasteiger charge is -2.11. The van der Waals surface area contributed by atoms with Gasteiger partial charge in [0, 0.05) is 12.6 Å². The molecule has 0 aromatic heterocycles. The summed E-state index contributed by atoms with van der Waals surface area (Å²) >= 11 is 5.66. The summed E-state index contributed by atoms with van der Waals surface area (Å²) in [5, 5.41) is 2.59. The molecule has 0 spiro atoms. The molecule has 0 heterocycles. The first-order chi connectivity index (χ1) is 12.4. The van der Waals surface area contributed by atoms with Gasteiger partial charge in [-0.3, -0.25) is 4.79 Å². The molecule has 0 saturated carbocycles. The van der Waals surface area contributed by atoms with E-state index in [1.165, 1.54) is 55.7 Å². The maximum atomic E-state index is 13.1. The number of amides is 1. The standard InChI is InChI=1S/C18H15ClF3NO3/c1-25-16-9-12(3-6-15(16)26-18(21)22)10-23-17(24)7-4-11-2-5-14(20)13(19)8-11/h2-9,18H,10H2,1H3,(H,23,24)/b7-4+. The maximum absolute atomic E-state index is 13.1. The summed E-state index contributed by atoms with van der Waals surface area (Å²) in [4.78, 5) is 11.8. The van der Waals surface area contributed by atoms with E-state index in [1.807, 2.05) is 0 Å². The predicted octanol–water partition coefficient (Wildman–Crippen LogP) is 4.42. The molecule has 138 valence electrons. The number of methoxy groups -OCH3 is 1. The van der Waals surface area contributed by atoms with Crippen molar-refractivity contribution in [3.05, 3.63) is 64.4 Å². The second kappa shape index (κ2) is 9.15. The van der Waals surface area contributed by atoms with E-state index < -0.39 is 18.3 Å². The van der Waals surface area contributed by atoms with Gasteiger partial charge in [0.05, 0.1) is 12.1 Å². The van der Waals surface area contributed by atoms with Crippen LogP contribution in [-0.2, 0) is 11.3 Å². The lowest BCUT2D eigenvalue weighted by Crippen LogP contribution is -2.20. The van der Waals surface area contributed by atoms with Crippen LogP contribution in [0.4, 0.5) is 13.2 Å². The molecule has 1 N–H and O–H groups in total. The van der Waals surface area contributed by atoms with Crippen LogP contribution in [0.5, 0.6) is 11.5 Å². The van der Waals surface area contributed by atoms with E-state index in [0.717, 1.165) is 0 Å². The second-order valence-electron chi connectivity index (χ2n) is 5.09. The molecule has 0 atom stereocenters. The van der Waals surface area contributed by atoms with Crippen LogP contribution < -0.4 is 14.8 Å². The molecule has 1 amide bonds. The molecule has 26 heavy (non-hydrogen) atoms. The summed E-state index contributed by atoms with van der Waals surface area (Å²) in [6.07, 6.45) is 2.76. The zero-order valence-electron chi connectivity index (χ0n) is 13.6. The molecule has 0 unspecified atom stereocenters. The van der Waals surface area contributed by atoms with E-state index in [1.54, 1.807) is 0 Å². The van der Waals surface area contributed by atoms with Crippen LogP contribution in [0.3, 0.4) is 0 Å². The van der Waals surface area contributed by atoms with Crippen LogP contribution in [0.1, 0.15) is 11.1 Å². The minimum atomic E-state index is -2.96. The average molecular weight is 386 g/mol. The molecule has 4 nitrogen and oxygen atoms in total. The number of hydrogen-bond acceptors (Lipinski definition) is 3. The van der Waals surface area contributed by atoms with E-state index in [9.17, 15) is 18.0 Å². The van der Waals surface area contributed by atoms with Crippen LogP contribution >= 0.6 is 11.6 Å². The first-order valence-electron chi connectivity index (χ1n) is 7.41. The van der Waals surface area contributed by atoms with Gasteiger partial charge in [0.15, 0.2) is 11.5 Å². The van der Waals surface area contributed by atoms with Crippen LogP contribution in [0, 0.1) is 5.82 Å². The van der Waals surface area contributed by atoms with Gasteiger partial charge in [-0.05, 0) is 41.5 Å². The molecule has 0 fully saturated rings. The van der Waals surface area contributed by atoms with Gasteiger partial charge in [-0.1, -0.05) is 23.7 Å². The fourth-order valence-electron chi connectivity index (χ4n) is 2.05. The molecule has 0 saturated heterocycles. The number of alkyl halides is 2. The quantitative estimate of drug-likeness (QED) is 0.718. The van der Waals surface area contributed by atoms with Crippen molar-refractivity contribution in [2.75, 3.05) is 7.11 Å². The molecular formula is C18H15ClF3NO3. The van der Waals surface area contributed by atoms with Crippen molar-refractivity contribution in [1.82, 2.24) is 5.32 Å². The van der Waals surface area contributed by atoms with E-state index in [0.29, 0.717) is 11.1 Å². The van der Waals surface area contributed by atoms with Crippen molar-refractivity contribution in [2.24, 2.45) is 0 Å². The Morgan fingerprint density at radius 1 is 1.23 bits per heavy atom. The highest BCUT2D eigenvalue weighted by molar-refractivity contribution is 6.30. The SMILES string of the molecule is COc1cc(CNC(=O)/C=C/c2ccc(F)c(Cl)c2)ccc1OC(F)F. The van der Waals surface area contributed by atoms with Crippen LogP contribution in [0.2, 0.25) is 5.02 Å². The number of rotatable bonds is 7. The number of carbonyl (C=O) groups is 1. The van der Waals surface area contributed by atoms with Crippen LogP contribution in [0.15, 0.2) is 42.5 Å². The lowest BCUT2D eigenvalue weighted by molar-refractivity contribution is -0.116. The molecule has 2 aromatic rings. The minimum absolute atomic E-state index is 0.0363. The third kappa shape index (κ3) is 5.70. The fourth-order valence-corrected chi connectivity index (χ4v) is 2.24. The lowest BCUT2D eigenvalue weighted by atomic mass is 10.2. The summed E-state index contributed by atoms with van der Waals surface area (Å²) in [6, 6.07) is 8.44. The van der Waals surface area contributed by atoms with Crippen molar-refractivity contribution >= 4 is 23.6 Å². The van der Waals surface area contributed by atoms with Crippen molar-refractivity contribution in [1.29, 1.82) is 0 Å². The zero-order chi connectivity index (χ0) is 19.1. The van der Waals surface area contributed by atoms with Crippen LogP contribution in [-0.4, -0.2) is 19.6 Å². The fraction of sp³-hybridized carbons (Fsp3) is 0.167.